The molecule has 1 aliphatic rings. The number of rotatable bonds is 4. The first-order valence-electron chi connectivity index (χ1n) is 7.08. The number of sulfone groups is 1. The van der Waals surface area contributed by atoms with E-state index >= 15 is 0 Å². The zero-order valence-electron chi connectivity index (χ0n) is 11.8. The Morgan fingerprint density at radius 1 is 1.30 bits per heavy atom. The lowest BCUT2D eigenvalue weighted by Gasteiger charge is -2.21. The van der Waals surface area contributed by atoms with Crippen LogP contribution in [0.4, 0.5) is 5.69 Å². The fourth-order valence-corrected chi connectivity index (χ4v) is 4.35. The Morgan fingerprint density at radius 3 is 2.60 bits per heavy atom. The molecule has 2 rings (SSSR count). The van der Waals surface area contributed by atoms with Gasteiger partial charge in [-0.05, 0) is 42.9 Å². The third-order valence-corrected chi connectivity index (χ3v) is 5.57. The van der Waals surface area contributed by atoms with Gasteiger partial charge in [0.1, 0.15) is 0 Å². The molecule has 5 heteroatoms. The van der Waals surface area contributed by atoms with Crippen LogP contribution in [0.15, 0.2) is 24.3 Å². The molecule has 0 radical (unpaired) electrons. The maximum absolute atomic E-state index is 11.9. The summed E-state index contributed by atoms with van der Waals surface area (Å²) in [5, 5.41) is 2.83. The summed E-state index contributed by atoms with van der Waals surface area (Å²) in [6.45, 7) is 2.08. The van der Waals surface area contributed by atoms with Gasteiger partial charge in [-0.1, -0.05) is 19.1 Å². The standard InChI is InChI=1S/C15H21NO3S/c1-2-12-5-7-14(8-6-12)16-15(17)10-13-4-3-9-20(18,19)11-13/h5-8,13H,2-4,9-11H2,1H3,(H,16,17). The summed E-state index contributed by atoms with van der Waals surface area (Å²) in [5.74, 6) is 0.277. The van der Waals surface area contributed by atoms with E-state index in [9.17, 15) is 13.2 Å². The monoisotopic (exact) mass is 295 g/mol. The average molecular weight is 295 g/mol. The Kier molecular flexibility index (Phi) is 4.81. The molecule has 0 aromatic heterocycles. The molecule has 1 fully saturated rings. The lowest BCUT2D eigenvalue weighted by Crippen LogP contribution is -2.28. The second-order valence-electron chi connectivity index (χ2n) is 5.43. The lowest BCUT2D eigenvalue weighted by molar-refractivity contribution is -0.117. The van der Waals surface area contributed by atoms with Gasteiger partial charge in [0, 0.05) is 12.1 Å². The predicted molar refractivity (Wildman–Crippen MR) is 80.4 cm³/mol. The van der Waals surface area contributed by atoms with Crippen molar-refractivity contribution in [3.63, 3.8) is 0 Å². The highest BCUT2D eigenvalue weighted by atomic mass is 32.2. The van der Waals surface area contributed by atoms with Gasteiger partial charge in [0.25, 0.3) is 0 Å². The molecule has 1 saturated heterocycles. The molecule has 1 N–H and O–H groups in total. The van der Waals surface area contributed by atoms with E-state index in [2.05, 4.69) is 12.2 Å². The van der Waals surface area contributed by atoms with E-state index < -0.39 is 9.84 Å². The van der Waals surface area contributed by atoms with Crippen LogP contribution in [0.25, 0.3) is 0 Å². The largest absolute Gasteiger partial charge is 0.326 e. The zero-order valence-corrected chi connectivity index (χ0v) is 12.6. The van der Waals surface area contributed by atoms with Crippen molar-refractivity contribution in [1.29, 1.82) is 0 Å². The van der Waals surface area contributed by atoms with E-state index in [4.69, 9.17) is 0 Å². The minimum atomic E-state index is -2.94. The average Bonchev–Trinajstić information content (AvgIpc) is 2.38. The number of hydrogen-bond acceptors (Lipinski definition) is 3. The summed E-state index contributed by atoms with van der Waals surface area (Å²) in [4.78, 5) is 11.9. The van der Waals surface area contributed by atoms with E-state index in [1.807, 2.05) is 24.3 Å². The van der Waals surface area contributed by atoms with Crippen LogP contribution in [-0.2, 0) is 21.1 Å². The van der Waals surface area contributed by atoms with Gasteiger partial charge in [0.15, 0.2) is 9.84 Å². The number of nitrogens with one attached hydrogen (secondary N) is 1. The number of anilines is 1. The van der Waals surface area contributed by atoms with Crippen molar-refractivity contribution in [1.82, 2.24) is 0 Å². The molecule has 0 spiro atoms. The van der Waals surface area contributed by atoms with Crippen molar-refractivity contribution < 1.29 is 13.2 Å². The SMILES string of the molecule is CCc1ccc(NC(=O)CC2CCCS(=O)(=O)C2)cc1. The highest BCUT2D eigenvalue weighted by Crippen LogP contribution is 2.22. The number of carbonyl (C=O) groups is 1. The molecule has 20 heavy (non-hydrogen) atoms. The molecule has 1 heterocycles. The number of aryl methyl sites for hydroxylation is 1. The molecule has 110 valence electrons. The Balaban J connectivity index is 1.88. The minimum Gasteiger partial charge on any atom is -0.326 e. The van der Waals surface area contributed by atoms with Crippen LogP contribution >= 0.6 is 0 Å². The molecule has 0 aliphatic carbocycles. The molecule has 4 nitrogen and oxygen atoms in total. The number of benzene rings is 1. The third kappa shape index (κ3) is 4.34. The van der Waals surface area contributed by atoms with Crippen LogP contribution in [0.1, 0.15) is 31.7 Å². The van der Waals surface area contributed by atoms with E-state index in [0.29, 0.717) is 6.42 Å². The molecule has 1 unspecified atom stereocenters. The van der Waals surface area contributed by atoms with Gasteiger partial charge in [0.2, 0.25) is 5.91 Å². The van der Waals surface area contributed by atoms with Crippen LogP contribution in [0.2, 0.25) is 0 Å². The molecule has 1 amide bonds. The van der Waals surface area contributed by atoms with Gasteiger partial charge < -0.3 is 5.32 Å². The summed E-state index contributed by atoms with van der Waals surface area (Å²) in [6.07, 6.45) is 2.75. The van der Waals surface area contributed by atoms with Crippen molar-refractivity contribution in [3.8, 4) is 0 Å². The molecular weight excluding hydrogens is 274 g/mol. The first-order valence-corrected chi connectivity index (χ1v) is 8.90. The van der Waals surface area contributed by atoms with Gasteiger partial charge in [-0.3, -0.25) is 4.79 Å². The normalized spacial score (nSPS) is 21.4. The highest BCUT2D eigenvalue weighted by molar-refractivity contribution is 7.91. The van der Waals surface area contributed by atoms with E-state index in [0.717, 1.165) is 18.5 Å². The summed E-state index contributed by atoms with van der Waals surface area (Å²) >= 11 is 0. The Labute approximate surface area is 120 Å². The first kappa shape index (κ1) is 15.0. The van der Waals surface area contributed by atoms with Crippen molar-refractivity contribution in [3.05, 3.63) is 29.8 Å². The van der Waals surface area contributed by atoms with Crippen LogP contribution in [0.3, 0.4) is 0 Å². The maximum Gasteiger partial charge on any atom is 0.224 e. The smallest absolute Gasteiger partial charge is 0.224 e. The molecular formula is C15H21NO3S. The van der Waals surface area contributed by atoms with Crippen LogP contribution in [0.5, 0.6) is 0 Å². The molecule has 1 atom stereocenters. The molecule has 0 bridgehead atoms. The minimum absolute atomic E-state index is 0.0383. The molecule has 1 aromatic carbocycles. The van der Waals surface area contributed by atoms with Crippen LogP contribution in [0, 0.1) is 5.92 Å². The quantitative estimate of drug-likeness (QED) is 0.927. The maximum atomic E-state index is 11.9. The first-order chi connectivity index (χ1) is 9.48. The topological polar surface area (TPSA) is 63.2 Å². The fraction of sp³-hybridized carbons (Fsp3) is 0.533. The summed E-state index contributed by atoms with van der Waals surface area (Å²) in [7, 11) is -2.94. The fourth-order valence-electron chi connectivity index (χ4n) is 2.58. The van der Waals surface area contributed by atoms with Gasteiger partial charge >= 0.3 is 0 Å². The second-order valence-corrected chi connectivity index (χ2v) is 7.65. The molecule has 1 aliphatic heterocycles. The summed E-state index contributed by atoms with van der Waals surface area (Å²) in [6, 6.07) is 7.74. The lowest BCUT2D eigenvalue weighted by atomic mass is 10.0. The van der Waals surface area contributed by atoms with E-state index in [1.165, 1.54) is 5.56 Å². The number of hydrogen-bond donors (Lipinski definition) is 1. The van der Waals surface area contributed by atoms with Gasteiger partial charge in [-0.25, -0.2) is 8.42 Å². The van der Waals surface area contributed by atoms with Crippen molar-refractivity contribution in [2.45, 2.75) is 32.6 Å². The van der Waals surface area contributed by atoms with Crippen molar-refractivity contribution in [2.75, 3.05) is 16.8 Å². The summed E-state index contributed by atoms with van der Waals surface area (Å²) < 4.78 is 23.1. The highest BCUT2D eigenvalue weighted by Gasteiger charge is 2.26. The van der Waals surface area contributed by atoms with Crippen LogP contribution < -0.4 is 5.32 Å². The second kappa shape index (κ2) is 6.39. The van der Waals surface area contributed by atoms with Crippen molar-refractivity contribution >= 4 is 21.4 Å². The Hall–Kier alpha value is -1.36. The number of amides is 1. The van der Waals surface area contributed by atoms with Gasteiger partial charge in [0.05, 0.1) is 11.5 Å². The Bertz CT molecular complexity index is 563. The Morgan fingerprint density at radius 2 is 2.00 bits per heavy atom. The number of carbonyl (C=O) groups excluding carboxylic acids is 1. The zero-order chi connectivity index (χ0) is 14.6. The predicted octanol–water partition coefficient (Wildman–Crippen LogP) is 2.40. The van der Waals surface area contributed by atoms with Crippen molar-refractivity contribution in [2.24, 2.45) is 5.92 Å². The van der Waals surface area contributed by atoms with Gasteiger partial charge in [-0.15, -0.1) is 0 Å². The van der Waals surface area contributed by atoms with E-state index in [-0.39, 0.29) is 29.8 Å². The van der Waals surface area contributed by atoms with Crippen LogP contribution in [-0.4, -0.2) is 25.8 Å². The van der Waals surface area contributed by atoms with E-state index in [1.54, 1.807) is 0 Å². The molecule has 0 saturated carbocycles. The van der Waals surface area contributed by atoms with Gasteiger partial charge in [-0.2, -0.15) is 0 Å². The third-order valence-electron chi connectivity index (χ3n) is 3.68. The molecule has 1 aromatic rings. The summed E-state index contributed by atoms with van der Waals surface area (Å²) in [5.41, 5.74) is 1.99.